The van der Waals surface area contributed by atoms with Gasteiger partial charge in [-0.05, 0) is 0 Å². The molecule has 1 saturated heterocycles. The molecule has 1 aliphatic heterocycles. The molecule has 0 aliphatic carbocycles. The molecule has 0 radical (unpaired) electrons. The largest absolute Gasteiger partial charge is 0.376 e. The molecule has 10 nitrogen and oxygen atoms in total. The van der Waals surface area contributed by atoms with Crippen molar-refractivity contribution >= 4 is 17.3 Å². The van der Waals surface area contributed by atoms with Crippen LogP contribution >= 0.6 is 0 Å². The van der Waals surface area contributed by atoms with Crippen molar-refractivity contribution in [3.05, 3.63) is 108 Å². The van der Waals surface area contributed by atoms with Gasteiger partial charge in [0.25, 0.3) is 0 Å². The summed E-state index contributed by atoms with van der Waals surface area (Å²) in [5.41, 5.74) is -11.6. The van der Waals surface area contributed by atoms with Crippen molar-refractivity contribution in [2.45, 2.75) is 35.3 Å². The Kier molecular flexibility index (Phi) is 7.59. The van der Waals surface area contributed by atoms with Crippen LogP contribution in [-0.2, 0) is 9.47 Å². The van der Waals surface area contributed by atoms with Crippen LogP contribution in [0.4, 0.5) is 0 Å². The number of carbonyl (C=O) groups excluding carboxylic acids is 3. The van der Waals surface area contributed by atoms with Gasteiger partial charge in [-0.25, -0.2) is 0 Å². The van der Waals surface area contributed by atoms with Crippen molar-refractivity contribution < 1.29 is 44.3 Å². The Labute approximate surface area is 223 Å². The molecule has 0 bridgehead atoms. The van der Waals surface area contributed by atoms with Gasteiger partial charge in [-0.2, -0.15) is 5.26 Å². The second-order valence-electron chi connectivity index (χ2n) is 9.03. The van der Waals surface area contributed by atoms with E-state index in [1.165, 1.54) is 78.9 Å². The number of ether oxygens (including phenoxy) is 2. The van der Waals surface area contributed by atoms with Gasteiger partial charge in [-0.15, -0.1) is 0 Å². The number of carbonyl (C=O) groups is 3. The van der Waals surface area contributed by atoms with Gasteiger partial charge in [-0.1, -0.05) is 91.0 Å². The summed E-state index contributed by atoms with van der Waals surface area (Å²) in [5, 5.41) is 57.0. The monoisotopic (exact) mass is 531 g/mol. The second-order valence-corrected chi connectivity index (χ2v) is 9.03. The van der Waals surface area contributed by atoms with E-state index in [0.29, 0.717) is 0 Å². The number of methoxy groups -OCH3 is 1. The molecule has 1 unspecified atom stereocenters. The summed E-state index contributed by atoms with van der Waals surface area (Å²) < 4.78 is 10.7. The van der Waals surface area contributed by atoms with Crippen molar-refractivity contribution in [3.63, 3.8) is 0 Å². The van der Waals surface area contributed by atoms with Crippen LogP contribution in [0.3, 0.4) is 0 Å². The Hall–Kier alpha value is -4.08. The van der Waals surface area contributed by atoms with Crippen LogP contribution in [0, 0.1) is 11.3 Å². The number of aliphatic hydroxyl groups excluding tert-OH is 1. The highest BCUT2D eigenvalue weighted by Crippen LogP contribution is 2.50. The van der Waals surface area contributed by atoms with E-state index >= 15 is 0 Å². The van der Waals surface area contributed by atoms with Crippen LogP contribution in [0.25, 0.3) is 0 Å². The topological polar surface area (TPSA) is 174 Å². The minimum atomic E-state index is -3.76. The quantitative estimate of drug-likeness (QED) is 0.243. The zero-order valence-corrected chi connectivity index (χ0v) is 20.7. The predicted octanol–water partition coefficient (Wildman–Crippen LogP) is 1.08. The number of hydrogen-bond acceptors (Lipinski definition) is 10. The number of ketones is 3. The SMILES string of the molecule is CO[C@H]1O[C@H](C(O)C#N)[C@](O)(C(=O)c2ccccc2)[C@@](O)(C(=O)c2ccccc2)[C@@]1(O)C(=O)c1ccccc1. The van der Waals surface area contributed by atoms with E-state index in [2.05, 4.69) is 0 Å². The first-order valence-electron chi connectivity index (χ1n) is 11.8. The van der Waals surface area contributed by atoms with Gasteiger partial charge < -0.3 is 29.9 Å². The van der Waals surface area contributed by atoms with E-state index in [-0.39, 0.29) is 16.7 Å². The van der Waals surface area contributed by atoms with Crippen LogP contribution in [0.5, 0.6) is 0 Å². The third kappa shape index (κ3) is 4.09. The summed E-state index contributed by atoms with van der Waals surface area (Å²) in [5.74, 6) is -4.18. The van der Waals surface area contributed by atoms with Crippen LogP contribution in [0.1, 0.15) is 31.1 Å². The van der Waals surface area contributed by atoms with Crippen molar-refractivity contribution in [2.24, 2.45) is 0 Å². The highest BCUT2D eigenvalue weighted by atomic mass is 16.7. The first-order valence-corrected chi connectivity index (χ1v) is 11.8. The number of aliphatic hydroxyl groups is 4. The molecule has 10 heteroatoms. The lowest BCUT2D eigenvalue weighted by atomic mass is 9.57. The molecule has 0 aromatic heterocycles. The summed E-state index contributed by atoms with van der Waals surface area (Å²) in [6.07, 6.45) is -6.92. The first kappa shape index (κ1) is 27.9. The smallest absolute Gasteiger partial charge is 0.218 e. The molecule has 200 valence electrons. The van der Waals surface area contributed by atoms with Crippen molar-refractivity contribution in [3.8, 4) is 6.07 Å². The average molecular weight is 532 g/mol. The van der Waals surface area contributed by atoms with Gasteiger partial charge in [0.1, 0.15) is 6.10 Å². The maximum Gasteiger partial charge on any atom is 0.218 e. The van der Waals surface area contributed by atoms with Gasteiger partial charge >= 0.3 is 0 Å². The molecule has 4 N–H and O–H groups in total. The van der Waals surface area contributed by atoms with E-state index in [4.69, 9.17) is 9.47 Å². The molecule has 39 heavy (non-hydrogen) atoms. The molecular formula is C29H25NO9. The summed E-state index contributed by atoms with van der Waals surface area (Å²) in [6.45, 7) is 0. The standard InChI is InChI=1S/C29H25NO9/c1-38-26-28(36,23(33)19-13-7-3-8-14-19)29(37,24(34)20-15-9-4-10-16-20)27(35,25(39-26)21(31)17-30)22(32)18-11-5-2-6-12-18/h2-16,21,25-26,31,35-37H,1H3/t21?,25-,26+,27-,28-,29+/m1/s1. The van der Waals surface area contributed by atoms with Crippen LogP contribution in [0.15, 0.2) is 91.0 Å². The second kappa shape index (κ2) is 10.6. The summed E-state index contributed by atoms with van der Waals surface area (Å²) in [7, 11) is 0.973. The van der Waals surface area contributed by atoms with E-state index in [1.54, 1.807) is 18.2 Å². The Balaban J connectivity index is 2.12. The van der Waals surface area contributed by atoms with Crippen molar-refractivity contribution in [1.29, 1.82) is 5.26 Å². The zero-order chi connectivity index (χ0) is 28.4. The number of nitrogens with zero attached hydrogens (tertiary/aromatic N) is 1. The lowest BCUT2D eigenvalue weighted by molar-refractivity contribution is -0.358. The van der Waals surface area contributed by atoms with Crippen molar-refractivity contribution in [2.75, 3.05) is 7.11 Å². The van der Waals surface area contributed by atoms with Crippen LogP contribution < -0.4 is 0 Å². The van der Waals surface area contributed by atoms with E-state index in [9.17, 15) is 40.1 Å². The first-order chi connectivity index (χ1) is 18.6. The molecule has 1 fully saturated rings. The molecule has 0 spiro atoms. The lowest BCUT2D eigenvalue weighted by Gasteiger charge is -2.58. The molecule has 1 heterocycles. The summed E-state index contributed by atoms with van der Waals surface area (Å²) in [4.78, 5) is 42.2. The van der Waals surface area contributed by atoms with Crippen molar-refractivity contribution in [1.82, 2.24) is 0 Å². The fraction of sp³-hybridized carbons (Fsp3) is 0.241. The van der Waals surface area contributed by atoms with E-state index in [0.717, 1.165) is 7.11 Å². The number of benzene rings is 3. The number of nitriles is 1. The third-order valence-corrected chi connectivity index (χ3v) is 6.89. The molecular weight excluding hydrogens is 506 g/mol. The maximum atomic E-state index is 14.2. The molecule has 0 amide bonds. The van der Waals surface area contributed by atoms with E-state index < -0.39 is 52.7 Å². The lowest BCUT2D eigenvalue weighted by Crippen LogP contribution is -2.87. The normalized spacial score (nSPS) is 29.1. The van der Waals surface area contributed by atoms with Gasteiger partial charge in [0, 0.05) is 23.8 Å². The number of rotatable bonds is 8. The Morgan fingerprint density at radius 2 is 1.15 bits per heavy atom. The maximum absolute atomic E-state index is 14.2. The Bertz CT molecular complexity index is 1410. The Morgan fingerprint density at radius 3 is 1.54 bits per heavy atom. The molecule has 3 aromatic carbocycles. The Morgan fingerprint density at radius 1 is 0.769 bits per heavy atom. The number of Topliss-reactive ketones (excluding diaryl/α,β-unsaturated/α-hetero) is 3. The third-order valence-electron chi connectivity index (χ3n) is 6.89. The van der Waals surface area contributed by atoms with Gasteiger partial charge in [0.05, 0.1) is 6.07 Å². The van der Waals surface area contributed by atoms with Crippen LogP contribution in [-0.4, -0.2) is 80.2 Å². The fourth-order valence-electron chi connectivity index (χ4n) is 4.92. The predicted molar refractivity (Wildman–Crippen MR) is 134 cm³/mol. The van der Waals surface area contributed by atoms with Gasteiger partial charge in [0.2, 0.25) is 28.6 Å². The minimum Gasteiger partial charge on any atom is -0.376 e. The summed E-state index contributed by atoms with van der Waals surface area (Å²) >= 11 is 0. The summed E-state index contributed by atoms with van der Waals surface area (Å²) in [6, 6.07) is 22.2. The molecule has 1 aliphatic rings. The highest BCUT2D eigenvalue weighted by Gasteiger charge is 2.81. The number of hydrogen-bond donors (Lipinski definition) is 4. The minimum absolute atomic E-state index is 0.223. The molecule has 3 aromatic rings. The van der Waals surface area contributed by atoms with Crippen LogP contribution in [0.2, 0.25) is 0 Å². The molecule has 4 rings (SSSR count). The average Bonchev–Trinajstić information content (AvgIpc) is 2.99. The van der Waals surface area contributed by atoms with E-state index in [1.807, 2.05) is 0 Å². The highest BCUT2D eigenvalue weighted by molar-refractivity contribution is 6.18. The molecule has 0 saturated carbocycles. The van der Waals surface area contributed by atoms with Gasteiger partial charge in [-0.3, -0.25) is 14.4 Å². The fourth-order valence-corrected chi connectivity index (χ4v) is 4.92. The van der Waals surface area contributed by atoms with Gasteiger partial charge in [0.15, 0.2) is 18.0 Å². The zero-order valence-electron chi connectivity index (χ0n) is 20.7. The molecule has 6 atom stereocenters.